The van der Waals surface area contributed by atoms with Gasteiger partial charge in [-0.15, -0.1) is 0 Å². The van der Waals surface area contributed by atoms with Crippen LogP contribution in [0.15, 0.2) is 30.3 Å². The van der Waals surface area contributed by atoms with Crippen LogP contribution in [0.1, 0.15) is 57.4 Å². The molecule has 3 heterocycles. The molecule has 0 saturated carbocycles. The largest absolute Gasteiger partial charge is 0.376 e. The van der Waals surface area contributed by atoms with E-state index in [4.69, 9.17) is 28.4 Å². The molecule has 1 N–H and O–H groups in total. The lowest BCUT2D eigenvalue weighted by molar-refractivity contribution is -0.253. The molecule has 7 heteroatoms. The summed E-state index contributed by atoms with van der Waals surface area (Å²) in [5.41, 5.74) is 1.10. The second-order valence-corrected chi connectivity index (χ2v) is 9.37. The van der Waals surface area contributed by atoms with Crippen molar-refractivity contribution in [2.45, 2.75) is 89.1 Å². The highest BCUT2D eigenvalue weighted by molar-refractivity contribution is 5.17. The SMILES string of the molecule is CC(CC#CC1(O)OC[C@H](COCc2ccccc2)[C@@H]1OC1CCCCO1)OC1CCCCO1. The van der Waals surface area contributed by atoms with E-state index in [0.29, 0.717) is 32.8 Å². The number of ether oxygens (including phenoxy) is 6. The molecule has 4 unspecified atom stereocenters. The first-order chi connectivity index (χ1) is 16.6. The third-order valence-corrected chi connectivity index (χ3v) is 6.39. The van der Waals surface area contributed by atoms with Crippen molar-refractivity contribution in [1.29, 1.82) is 0 Å². The molecule has 0 radical (unpaired) electrons. The van der Waals surface area contributed by atoms with Gasteiger partial charge in [-0.25, -0.2) is 0 Å². The van der Waals surface area contributed by atoms with Crippen LogP contribution in [0.5, 0.6) is 0 Å². The molecular weight excluding hydrogens is 436 g/mol. The minimum absolute atomic E-state index is 0.105. The van der Waals surface area contributed by atoms with Gasteiger partial charge in [-0.1, -0.05) is 36.3 Å². The molecule has 0 amide bonds. The maximum absolute atomic E-state index is 11.3. The Kier molecular flexibility index (Phi) is 9.77. The van der Waals surface area contributed by atoms with E-state index in [9.17, 15) is 5.11 Å². The summed E-state index contributed by atoms with van der Waals surface area (Å²) in [7, 11) is 0. The average Bonchev–Trinajstić information content (AvgIpc) is 3.16. The summed E-state index contributed by atoms with van der Waals surface area (Å²) in [5.74, 6) is 4.13. The Labute approximate surface area is 203 Å². The predicted molar refractivity (Wildman–Crippen MR) is 125 cm³/mol. The van der Waals surface area contributed by atoms with Crippen molar-refractivity contribution in [3.63, 3.8) is 0 Å². The lowest BCUT2D eigenvalue weighted by Gasteiger charge is -2.32. The topological polar surface area (TPSA) is 75.6 Å². The predicted octanol–water partition coefficient (Wildman–Crippen LogP) is 3.78. The van der Waals surface area contributed by atoms with Crippen molar-refractivity contribution in [3.05, 3.63) is 35.9 Å². The second kappa shape index (κ2) is 13.0. The number of rotatable bonds is 9. The first kappa shape index (κ1) is 25.6. The van der Waals surface area contributed by atoms with Gasteiger partial charge in [-0.05, 0) is 56.9 Å². The van der Waals surface area contributed by atoms with E-state index in [1.54, 1.807) is 0 Å². The second-order valence-electron chi connectivity index (χ2n) is 9.37. The summed E-state index contributed by atoms with van der Waals surface area (Å²) in [6.07, 6.45) is 5.14. The quantitative estimate of drug-likeness (QED) is 0.546. The van der Waals surface area contributed by atoms with Gasteiger partial charge in [0, 0.05) is 25.6 Å². The third-order valence-electron chi connectivity index (χ3n) is 6.39. The van der Waals surface area contributed by atoms with E-state index in [1.165, 1.54) is 0 Å². The van der Waals surface area contributed by atoms with E-state index >= 15 is 0 Å². The van der Waals surface area contributed by atoms with Crippen LogP contribution >= 0.6 is 0 Å². The van der Waals surface area contributed by atoms with Gasteiger partial charge >= 0.3 is 0 Å². The summed E-state index contributed by atoms with van der Waals surface area (Å²) < 4.78 is 35.3. The molecule has 1 aromatic rings. The Morgan fingerprint density at radius 1 is 1.06 bits per heavy atom. The highest BCUT2D eigenvalue weighted by Gasteiger charge is 2.50. The fraction of sp³-hybridized carbons (Fsp3) is 0.704. The van der Waals surface area contributed by atoms with E-state index in [1.807, 2.05) is 37.3 Å². The van der Waals surface area contributed by atoms with Gasteiger partial charge in [0.15, 0.2) is 12.6 Å². The van der Waals surface area contributed by atoms with Crippen molar-refractivity contribution < 1.29 is 33.5 Å². The molecule has 0 aromatic heterocycles. The molecule has 7 nitrogen and oxygen atoms in total. The Morgan fingerprint density at radius 2 is 1.79 bits per heavy atom. The van der Waals surface area contributed by atoms with Gasteiger partial charge < -0.3 is 33.5 Å². The zero-order valence-electron chi connectivity index (χ0n) is 20.2. The molecular formula is C27H38O7. The van der Waals surface area contributed by atoms with Crippen molar-refractivity contribution >= 4 is 0 Å². The van der Waals surface area contributed by atoms with Crippen LogP contribution in [-0.4, -0.2) is 62.1 Å². The minimum Gasteiger partial charge on any atom is -0.376 e. The Hall–Kier alpha value is -1.50. The summed E-state index contributed by atoms with van der Waals surface area (Å²) in [6.45, 7) is 4.57. The molecule has 34 heavy (non-hydrogen) atoms. The lowest BCUT2D eigenvalue weighted by atomic mass is 9.99. The zero-order valence-corrected chi connectivity index (χ0v) is 20.2. The van der Waals surface area contributed by atoms with E-state index in [-0.39, 0.29) is 24.6 Å². The van der Waals surface area contributed by atoms with Crippen LogP contribution in [0.4, 0.5) is 0 Å². The van der Waals surface area contributed by atoms with E-state index in [0.717, 1.165) is 50.7 Å². The molecule has 3 aliphatic heterocycles. The molecule has 0 aliphatic carbocycles. The lowest BCUT2D eigenvalue weighted by Crippen LogP contribution is -2.46. The smallest absolute Gasteiger partial charge is 0.259 e. The first-order valence-electron chi connectivity index (χ1n) is 12.6. The number of hydrogen-bond acceptors (Lipinski definition) is 7. The summed E-state index contributed by atoms with van der Waals surface area (Å²) >= 11 is 0. The average molecular weight is 475 g/mol. The number of aliphatic hydroxyl groups is 1. The maximum atomic E-state index is 11.3. The molecule has 6 atom stereocenters. The normalized spacial score (nSPS) is 32.6. The van der Waals surface area contributed by atoms with Crippen molar-refractivity contribution in [2.24, 2.45) is 5.92 Å². The molecule has 0 spiro atoms. The number of hydrogen-bond donors (Lipinski definition) is 1. The fourth-order valence-electron chi connectivity index (χ4n) is 4.50. The van der Waals surface area contributed by atoms with Crippen LogP contribution in [-0.2, 0) is 35.0 Å². The van der Waals surface area contributed by atoms with Gasteiger partial charge in [0.1, 0.15) is 6.10 Å². The van der Waals surface area contributed by atoms with E-state index in [2.05, 4.69) is 11.8 Å². The molecule has 3 saturated heterocycles. The minimum atomic E-state index is -1.71. The molecule has 3 fully saturated rings. The standard InChI is InChI=1S/C27H38O7/c1-21(33-24-13-5-7-16-30-24)10-9-15-27(28)26(34-25-14-6-8-17-31-25)23(20-32-27)19-29-18-22-11-3-2-4-12-22/h2-4,11-12,21,23-26,28H,5-8,10,13-14,16-20H2,1H3/t21?,23-,24?,25?,26-,27?/m0/s1. The summed E-state index contributed by atoms with van der Waals surface area (Å²) in [5, 5.41) is 11.3. The molecule has 188 valence electrons. The van der Waals surface area contributed by atoms with Crippen LogP contribution in [0.25, 0.3) is 0 Å². The van der Waals surface area contributed by atoms with Gasteiger partial charge in [0.05, 0.1) is 25.9 Å². The first-order valence-corrected chi connectivity index (χ1v) is 12.6. The van der Waals surface area contributed by atoms with Crippen LogP contribution < -0.4 is 0 Å². The van der Waals surface area contributed by atoms with Crippen molar-refractivity contribution in [2.75, 3.05) is 26.4 Å². The highest BCUT2D eigenvalue weighted by Crippen LogP contribution is 2.34. The summed E-state index contributed by atoms with van der Waals surface area (Å²) in [6, 6.07) is 10.0. The van der Waals surface area contributed by atoms with Crippen molar-refractivity contribution in [1.82, 2.24) is 0 Å². The molecule has 0 bridgehead atoms. The summed E-state index contributed by atoms with van der Waals surface area (Å²) in [4.78, 5) is 0. The number of benzene rings is 1. The molecule has 1 aromatic carbocycles. The van der Waals surface area contributed by atoms with E-state index < -0.39 is 11.9 Å². The Bertz CT molecular complexity index is 779. The fourth-order valence-corrected chi connectivity index (χ4v) is 4.50. The van der Waals surface area contributed by atoms with Crippen molar-refractivity contribution in [3.8, 4) is 11.8 Å². The van der Waals surface area contributed by atoms with Gasteiger partial charge in [-0.2, -0.15) is 0 Å². The molecule has 4 rings (SSSR count). The van der Waals surface area contributed by atoms with Crippen LogP contribution in [0, 0.1) is 17.8 Å². The Balaban J connectivity index is 1.34. The third kappa shape index (κ3) is 7.50. The zero-order chi connectivity index (χ0) is 23.6. The van der Waals surface area contributed by atoms with Crippen LogP contribution in [0.3, 0.4) is 0 Å². The molecule has 3 aliphatic rings. The monoisotopic (exact) mass is 474 g/mol. The highest BCUT2D eigenvalue weighted by atomic mass is 16.7. The van der Waals surface area contributed by atoms with Gasteiger partial charge in [-0.3, -0.25) is 0 Å². The van der Waals surface area contributed by atoms with Gasteiger partial charge in [0.25, 0.3) is 5.79 Å². The Morgan fingerprint density at radius 3 is 2.50 bits per heavy atom. The van der Waals surface area contributed by atoms with Gasteiger partial charge in [0.2, 0.25) is 0 Å². The maximum Gasteiger partial charge on any atom is 0.259 e. The van der Waals surface area contributed by atoms with Crippen LogP contribution in [0.2, 0.25) is 0 Å².